The molecule has 146 valence electrons. The Kier molecular flexibility index (Phi) is 5.09. The minimum atomic E-state index is -4.88. The van der Waals surface area contributed by atoms with E-state index < -0.39 is 28.2 Å². The van der Waals surface area contributed by atoms with Gasteiger partial charge in [0.1, 0.15) is 5.75 Å². The molecule has 0 aromatic heterocycles. The third kappa shape index (κ3) is 4.19. The van der Waals surface area contributed by atoms with Gasteiger partial charge >= 0.3 is 6.36 Å². The summed E-state index contributed by atoms with van der Waals surface area (Å²) in [6.07, 6.45) is -5.38. The maximum Gasteiger partial charge on any atom is 0.573 e. The lowest BCUT2D eigenvalue weighted by Crippen LogP contribution is -2.32. The van der Waals surface area contributed by atoms with Crippen LogP contribution in [0.4, 0.5) is 18.9 Å². The number of hydrogen-bond donors (Lipinski definition) is 1. The summed E-state index contributed by atoms with van der Waals surface area (Å²) < 4.78 is 68.6. The number of halogens is 3. The summed E-state index contributed by atoms with van der Waals surface area (Å²) >= 11 is 0. The van der Waals surface area contributed by atoms with Crippen LogP contribution in [-0.2, 0) is 10.0 Å². The Balaban J connectivity index is 2.06. The summed E-state index contributed by atoms with van der Waals surface area (Å²) in [6, 6.07) is 9.61. The van der Waals surface area contributed by atoms with Gasteiger partial charge in [-0.3, -0.25) is 4.31 Å². The first-order valence-corrected chi connectivity index (χ1v) is 9.69. The van der Waals surface area contributed by atoms with Crippen molar-refractivity contribution in [1.82, 2.24) is 0 Å². The van der Waals surface area contributed by atoms with Crippen molar-refractivity contribution in [2.24, 2.45) is 0 Å². The zero-order valence-electron chi connectivity index (χ0n) is 14.4. The topological polar surface area (TPSA) is 66.8 Å². The molecule has 27 heavy (non-hydrogen) atoms. The second kappa shape index (κ2) is 7.05. The predicted molar refractivity (Wildman–Crippen MR) is 93.0 cm³/mol. The molecule has 0 saturated carbocycles. The van der Waals surface area contributed by atoms with Crippen LogP contribution in [0.1, 0.15) is 30.1 Å². The Morgan fingerprint density at radius 3 is 2.44 bits per heavy atom. The second-order valence-corrected chi connectivity index (χ2v) is 8.18. The van der Waals surface area contributed by atoms with Crippen molar-refractivity contribution in [1.29, 1.82) is 0 Å². The predicted octanol–water partition coefficient (Wildman–Crippen LogP) is 3.92. The molecule has 1 aliphatic rings. The Labute approximate surface area is 155 Å². The number of aryl methyl sites for hydroxylation is 1. The molecule has 3 rings (SSSR count). The Bertz CT molecular complexity index is 927. The largest absolute Gasteiger partial charge is 0.573 e. The molecule has 0 spiro atoms. The molecule has 0 bridgehead atoms. The fraction of sp³-hybridized carbons (Fsp3) is 0.333. The van der Waals surface area contributed by atoms with E-state index in [1.54, 1.807) is 12.1 Å². The summed E-state index contributed by atoms with van der Waals surface area (Å²) in [5, 5.41) is 10.3. The maximum atomic E-state index is 13.1. The van der Waals surface area contributed by atoms with Gasteiger partial charge in [-0.1, -0.05) is 17.7 Å². The first-order chi connectivity index (χ1) is 12.6. The van der Waals surface area contributed by atoms with Gasteiger partial charge in [0.2, 0.25) is 0 Å². The first-order valence-electron chi connectivity index (χ1n) is 8.25. The molecule has 0 radical (unpaired) electrons. The van der Waals surface area contributed by atoms with E-state index in [1.807, 2.05) is 6.92 Å². The third-order valence-corrected chi connectivity index (χ3v) is 6.14. The van der Waals surface area contributed by atoms with E-state index in [4.69, 9.17) is 0 Å². The van der Waals surface area contributed by atoms with E-state index in [9.17, 15) is 26.7 Å². The zero-order valence-corrected chi connectivity index (χ0v) is 15.2. The fourth-order valence-corrected chi connectivity index (χ4v) is 4.54. The molecular weight excluding hydrogens is 383 g/mol. The lowest BCUT2D eigenvalue weighted by molar-refractivity contribution is -0.274. The van der Waals surface area contributed by atoms with Gasteiger partial charge in [-0.2, -0.15) is 0 Å². The van der Waals surface area contributed by atoms with Crippen molar-refractivity contribution in [3.63, 3.8) is 0 Å². The number of aliphatic hydroxyl groups is 1. The van der Waals surface area contributed by atoms with Gasteiger partial charge < -0.3 is 9.84 Å². The van der Waals surface area contributed by atoms with Crippen molar-refractivity contribution < 1.29 is 31.4 Å². The van der Waals surface area contributed by atoms with Crippen molar-refractivity contribution >= 4 is 15.7 Å². The number of benzene rings is 2. The smallest absolute Gasteiger partial charge is 0.406 e. The summed E-state index contributed by atoms with van der Waals surface area (Å²) in [7, 11) is -3.93. The van der Waals surface area contributed by atoms with Gasteiger partial charge in [-0.05, 0) is 50.1 Å². The number of rotatable bonds is 3. The van der Waals surface area contributed by atoms with E-state index in [-0.39, 0.29) is 29.1 Å². The number of hydrogen-bond acceptors (Lipinski definition) is 4. The Hall–Kier alpha value is -2.26. The molecule has 2 aromatic carbocycles. The van der Waals surface area contributed by atoms with Crippen LogP contribution in [0.25, 0.3) is 0 Å². The molecule has 1 heterocycles. The van der Waals surface area contributed by atoms with Gasteiger partial charge in [0.15, 0.2) is 0 Å². The fourth-order valence-electron chi connectivity index (χ4n) is 3.02. The highest BCUT2D eigenvalue weighted by Gasteiger charge is 2.34. The van der Waals surface area contributed by atoms with E-state index in [0.29, 0.717) is 6.42 Å². The number of sulfonamides is 1. The normalized spacial score (nSPS) is 18.0. The Morgan fingerprint density at radius 1 is 1.15 bits per heavy atom. The highest BCUT2D eigenvalue weighted by atomic mass is 32.2. The molecule has 0 amide bonds. The van der Waals surface area contributed by atoms with Crippen molar-refractivity contribution in [2.45, 2.75) is 37.1 Å². The van der Waals surface area contributed by atoms with E-state index >= 15 is 0 Å². The second-order valence-electron chi connectivity index (χ2n) is 6.32. The minimum absolute atomic E-state index is 0.0751. The molecule has 0 fully saturated rings. The first kappa shape index (κ1) is 19.5. The maximum absolute atomic E-state index is 13.1. The lowest BCUT2D eigenvalue weighted by atomic mass is 10.0. The average Bonchev–Trinajstić information content (AvgIpc) is 2.73. The molecule has 0 saturated heterocycles. The number of aliphatic hydroxyl groups excluding tert-OH is 1. The molecule has 2 aromatic rings. The highest BCUT2D eigenvalue weighted by molar-refractivity contribution is 7.92. The molecule has 1 aliphatic heterocycles. The van der Waals surface area contributed by atoms with Gasteiger partial charge in [-0.15, -0.1) is 13.2 Å². The summed E-state index contributed by atoms with van der Waals surface area (Å²) in [5.41, 5.74) is 1.13. The van der Waals surface area contributed by atoms with E-state index in [0.717, 1.165) is 22.0 Å². The van der Waals surface area contributed by atoms with Gasteiger partial charge in [0.05, 0.1) is 16.7 Å². The van der Waals surface area contributed by atoms with Crippen molar-refractivity contribution in [2.75, 3.05) is 10.8 Å². The number of fused-ring (bicyclic) bond motifs is 1. The van der Waals surface area contributed by atoms with Crippen LogP contribution < -0.4 is 9.04 Å². The molecular formula is C18H18F3NO4S. The average molecular weight is 401 g/mol. The molecule has 9 heteroatoms. The SMILES string of the molecule is Cc1ccc(S(=O)(=O)N2CCC[C@@H](O)c3cc(OC(F)(F)F)ccc32)cc1. The minimum Gasteiger partial charge on any atom is -0.406 e. The van der Waals surface area contributed by atoms with Crippen molar-refractivity contribution in [3.05, 3.63) is 53.6 Å². The van der Waals surface area contributed by atoms with Crippen LogP contribution >= 0.6 is 0 Å². The van der Waals surface area contributed by atoms with Crippen LogP contribution in [0.2, 0.25) is 0 Å². The number of nitrogens with zero attached hydrogens (tertiary/aromatic N) is 1. The van der Waals surface area contributed by atoms with Crippen LogP contribution in [0.3, 0.4) is 0 Å². The molecule has 0 unspecified atom stereocenters. The zero-order chi connectivity index (χ0) is 19.8. The highest BCUT2D eigenvalue weighted by Crippen LogP contribution is 2.39. The van der Waals surface area contributed by atoms with Gasteiger partial charge in [-0.25, -0.2) is 8.42 Å². The molecule has 5 nitrogen and oxygen atoms in total. The molecule has 0 aliphatic carbocycles. The van der Waals surface area contributed by atoms with Crippen LogP contribution in [0.5, 0.6) is 5.75 Å². The van der Waals surface area contributed by atoms with E-state index in [2.05, 4.69) is 4.74 Å². The monoisotopic (exact) mass is 401 g/mol. The van der Waals surface area contributed by atoms with Crippen LogP contribution in [0, 0.1) is 6.92 Å². The standard InChI is InChI=1S/C18H18F3NO4S/c1-12-4-7-14(8-5-12)27(24,25)22-10-2-3-17(23)15-11-13(6-9-16(15)22)26-18(19,20)21/h4-9,11,17,23H,2-3,10H2,1H3/t17-/m1/s1. The summed E-state index contributed by atoms with van der Waals surface area (Å²) in [5.74, 6) is -0.505. The lowest BCUT2D eigenvalue weighted by Gasteiger charge is -2.25. The third-order valence-electron chi connectivity index (χ3n) is 4.31. The molecule has 1 N–H and O–H groups in total. The summed E-state index contributed by atoms with van der Waals surface area (Å²) in [6.45, 7) is 1.94. The van der Waals surface area contributed by atoms with Crippen LogP contribution in [-0.4, -0.2) is 26.4 Å². The number of anilines is 1. The summed E-state index contributed by atoms with van der Waals surface area (Å²) in [4.78, 5) is 0.0751. The molecule has 1 atom stereocenters. The van der Waals surface area contributed by atoms with Gasteiger partial charge in [0.25, 0.3) is 10.0 Å². The van der Waals surface area contributed by atoms with Gasteiger partial charge in [0, 0.05) is 12.1 Å². The van der Waals surface area contributed by atoms with Crippen LogP contribution in [0.15, 0.2) is 47.4 Å². The Morgan fingerprint density at radius 2 is 1.81 bits per heavy atom. The van der Waals surface area contributed by atoms with E-state index in [1.165, 1.54) is 18.2 Å². The van der Waals surface area contributed by atoms with Crippen molar-refractivity contribution in [3.8, 4) is 5.75 Å². The quantitative estimate of drug-likeness (QED) is 0.847. The number of ether oxygens (including phenoxy) is 1. The number of alkyl halides is 3.